The monoisotopic (exact) mass is 306 g/mol. The first-order valence-electron chi connectivity index (χ1n) is 6.53. The standard InChI is InChI=1S/C16H13F3N2O/c1-11(22)15-4-2-3-14(21-15)9-10-20-13-7-5-12(6-8-13)16(17,18)19/h2-8,10H,9H2,1H3. The SMILES string of the molecule is CC(=O)c1cccc(CC=Nc2ccc(C(F)(F)F)cc2)n1. The number of rotatable bonds is 4. The zero-order valence-corrected chi connectivity index (χ0v) is 11.8. The van der Waals surface area contributed by atoms with Crippen molar-refractivity contribution in [2.45, 2.75) is 19.5 Å². The van der Waals surface area contributed by atoms with Gasteiger partial charge in [0.2, 0.25) is 0 Å². The molecule has 2 aromatic rings. The summed E-state index contributed by atoms with van der Waals surface area (Å²) in [6, 6.07) is 9.69. The Morgan fingerprint density at radius 3 is 2.45 bits per heavy atom. The van der Waals surface area contributed by atoms with Gasteiger partial charge in [0.25, 0.3) is 0 Å². The van der Waals surface area contributed by atoms with Crippen molar-refractivity contribution in [3.05, 3.63) is 59.4 Å². The number of benzene rings is 1. The van der Waals surface area contributed by atoms with E-state index in [0.29, 0.717) is 23.5 Å². The van der Waals surface area contributed by atoms with Gasteiger partial charge in [0.05, 0.1) is 11.3 Å². The number of nitrogens with zero attached hydrogens (tertiary/aromatic N) is 2. The maximum Gasteiger partial charge on any atom is 0.416 e. The Hall–Kier alpha value is -2.50. The van der Waals surface area contributed by atoms with Crippen molar-refractivity contribution in [3.63, 3.8) is 0 Å². The van der Waals surface area contributed by atoms with E-state index in [-0.39, 0.29) is 5.78 Å². The first kappa shape index (κ1) is 15.9. The molecule has 0 saturated heterocycles. The Bertz CT molecular complexity index is 691. The number of ketones is 1. The molecule has 0 aliphatic carbocycles. The Morgan fingerprint density at radius 1 is 1.18 bits per heavy atom. The lowest BCUT2D eigenvalue weighted by Crippen LogP contribution is -2.03. The highest BCUT2D eigenvalue weighted by Crippen LogP contribution is 2.30. The predicted molar refractivity (Wildman–Crippen MR) is 77.5 cm³/mol. The number of hydrogen-bond acceptors (Lipinski definition) is 3. The summed E-state index contributed by atoms with van der Waals surface area (Å²) < 4.78 is 37.3. The number of halogens is 3. The van der Waals surface area contributed by atoms with Gasteiger partial charge in [0.15, 0.2) is 5.78 Å². The van der Waals surface area contributed by atoms with Crippen LogP contribution in [0.1, 0.15) is 28.7 Å². The molecule has 1 heterocycles. The molecule has 0 fully saturated rings. The van der Waals surface area contributed by atoms with Gasteiger partial charge in [-0.25, -0.2) is 4.98 Å². The summed E-state index contributed by atoms with van der Waals surface area (Å²) in [5.74, 6) is -0.124. The van der Waals surface area contributed by atoms with E-state index in [1.54, 1.807) is 24.4 Å². The van der Waals surface area contributed by atoms with Gasteiger partial charge in [-0.3, -0.25) is 9.79 Å². The highest BCUT2D eigenvalue weighted by atomic mass is 19.4. The number of carbonyl (C=O) groups is 1. The van der Waals surface area contributed by atoms with Crippen LogP contribution in [-0.4, -0.2) is 17.0 Å². The topological polar surface area (TPSA) is 42.3 Å². The minimum Gasteiger partial charge on any atom is -0.293 e. The number of alkyl halides is 3. The zero-order valence-electron chi connectivity index (χ0n) is 11.8. The lowest BCUT2D eigenvalue weighted by Gasteiger charge is -2.05. The van der Waals surface area contributed by atoms with E-state index in [1.807, 2.05) is 0 Å². The largest absolute Gasteiger partial charge is 0.416 e. The summed E-state index contributed by atoms with van der Waals surface area (Å²) in [4.78, 5) is 19.5. The fraction of sp³-hybridized carbons (Fsp3) is 0.188. The summed E-state index contributed by atoms with van der Waals surface area (Å²) in [5, 5.41) is 0. The fourth-order valence-corrected chi connectivity index (χ4v) is 1.77. The fourth-order valence-electron chi connectivity index (χ4n) is 1.77. The lowest BCUT2D eigenvalue weighted by atomic mass is 10.2. The quantitative estimate of drug-likeness (QED) is 0.626. The molecule has 0 N–H and O–H groups in total. The van der Waals surface area contributed by atoms with Gasteiger partial charge < -0.3 is 0 Å². The van der Waals surface area contributed by atoms with Crippen molar-refractivity contribution in [1.29, 1.82) is 0 Å². The van der Waals surface area contributed by atoms with Gasteiger partial charge in [0.1, 0.15) is 5.69 Å². The van der Waals surface area contributed by atoms with Gasteiger partial charge >= 0.3 is 6.18 Å². The zero-order chi connectivity index (χ0) is 16.2. The molecule has 0 aliphatic heterocycles. The van der Waals surface area contributed by atoms with Gasteiger partial charge in [-0.2, -0.15) is 13.2 Å². The second-order valence-corrected chi connectivity index (χ2v) is 4.63. The van der Waals surface area contributed by atoms with Crippen LogP contribution in [0.5, 0.6) is 0 Å². The van der Waals surface area contributed by atoms with Crippen LogP contribution in [0.3, 0.4) is 0 Å². The summed E-state index contributed by atoms with van der Waals surface area (Å²) in [6.45, 7) is 1.43. The number of aromatic nitrogens is 1. The van der Waals surface area contributed by atoms with E-state index in [4.69, 9.17) is 0 Å². The molecule has 0 aliphatic rings. The highest BCUT2D eigenvalue weighted by molar-refractivity contribution is 5.92. The summed E-state index contributed by atoms with van der Waals surface area (Å²) in [7, 11) is 0. The maximum absolute atomic E-state index is 12.4. The molecule has 0 unspecified atom stereocenters. The Kier molecular flexibility index (Phi) is 4.70. The van der Waals surface area contributed by atoms with E-state index in [0.717, 1.165) is 12.1 Å². The van der Waals surface area contributed by atoms with Crippen LogP contribution in [0.25, 0.3) is 0 Å². The third kappa shape index (κ3) is 4.25. The Morgan fingerprint density at radius 2 is 1.86 bits per heavy atom. The van der Waals surface area contributed by atoms with E-state index in [2.05, 4.69) is 9.98 Å². The predicted octanol–water partition coefficient (Wildman–Crippen LogP) is 4.25. The average molecular weight is 306 g/mol. The first-order valence-corrected chi connectivity index (χ1v) is 6.53. The van der Waals surface area contributed by atoms with Crippen molar-refractivity contribution >= 4 is 17.7 Å². The molecule has 114 valence electrons. The molecule has 0 spiro atoms. The van der Waals surface area contributed by atoms with Crippen LogP contribution in [0.15, 0.2) is 47.5 Å². The molecule has 0 amide bonds. The second kappa shape index (κ2) is 6.51. The minimum atomic E-state index is -4.35. The highest BCUT2D eigenvalue weighted by Gasteiger charge is 2.29. The minimum absolute atomic E-state index is 0.124. The third-order valence-electron chi connectivity index (χ3n) is 2.90. The molecule has 6 heteroatoms. The summed E-state index contributed by atoms with van der Waals surface area (Å²) in [5.41, 5.74) is 0.766. The smallest absolute Gasteiger partial charge is 0.293 e. The Labute approximate surface area is 125 Å². The molecular weight excluding hydrogens is 293 g/mol. The van der Waals surface area contributed by atoms with Gasteiger partial charge in [0, 0.05) is 25.3 Å². The average Bonchev–Trinajstić information content (AvgIpc) is 2.47. The molecule has 3 nitrogen and oxygen atoms in total. The van der Waals surface area contributed by atoms with Crippen molar-refractivity contribution in [1.82, 2.24) is 4.98 Å². The normalized spacial score (nSPS) is 11.8. The maximum atomic E-state index is 12.4. The van der Waals surface area contributed by atoms with E-state index < -0.39 is 11.7 Å². The molecule has 0 saturated carbocycles. The van der Waals surface area contributed by atoms with Crippen LogP contribution < -0.4 is 0 Å². The third-order valence-corrected chi connectivity index (χ3v) is 2.90. The molecule has 0 atom stereocenters. The number of Topliss-reactive ketones (excluding diaryl/α,β-unsaturated/α-hetero) is 1. The van der Waals surface area contributed by atoms with E-state index >= 15 is 0 Å². The van der Waals surface area contributed by atoms with Crippen molar-refractivity contribution in [2.24, 2.45) is 4.99 Å². The number of aliphatic imine (C=N–C) groups is 1. The molecule has 1 aromatic carbocycles. The van der Waals surface area contributed by atoms with Gasteiger partial charge in [-0.15, -0.1) is 0 Å². The number of hydrogen-bond donors (Lipinski definition) is 0. The van der Waals surface area contributed by atoms with Crippen molar-refractivity contribution in [2.75, 3.05) is 0 Å². The van der Waals surface area contributed by atoms with E-state index in [1.165, 1.54) is 19.1 Å². The summed E-state index contributed by atoms with van der Waals surface area (Å²) in [6.07, 6.45) is -2.41. The van der Waals surface area contributed by atoms with Crippen LogP contribution in [-0.2, 0) is 12.6 Å². The molecule has 1 aromatic heterocycles. The lowest BCUT2D eigenvalue weighted by molar-refractivity contribution is -0.137. The summed E-state index contributed by atoms with van der Waals surface area (Å²) >= 11 is 0. The van der Waals surface area contributed by atoms with Crippen LogP contribution in [0, 0.1) is 0 Å². The van der Waals surface area contributed by atoms with Crippen molar-refractivity contribution < 1.29 is 18.0 Å². The Balaban J connectivity index is 2.03. The van der Waals surface area contributed by atoms with Gasteiger partial charge in [-0.1, -0.05) is 6.07 Å². The van der Waals surface area contributed by atoms with Crippen LogP contribution in [0.4, 0.5) is 18.9 Å². The van der Waals surface area contributed by atoms with Crippen LogP contribution in [0.2, 0.25) is 0 Å². The number of pyridine rings is 1. The van der Waals surface area contributed by atoms with E-state index in [9.17, 15) is 18.0 Å². The molecule has 0 bridgehead atoms. The molecule has 2 rings (SSSR count). The molecule has 0 radical (unpaired) electrons. The van der Waals surface area contributed by atoms with Crippen molar-refractivity contribution in [3.8, 4) is 0 Å². The number of carbonyl (C=O) groups excluding carboxylic acids is 1. The van der Waals surface area contributed by atoms with Gasteiger partial charge in [-0.05, 0) is 36.4 Å². The van der Waals surface area contributed by atoms with Crippen LogP contribution >= 0.6 is 0 Å². The molecule has 22 heavy (non-hydrogen) atoms. The first-order chi connectivity index (χ1) is 10.4. The second-order valence-electron chi connectivity index (χ2n) is 4.63. The molecular formula is C16H13F3N2O.